The van der Waals surface area contributed by atoms with Gasteiger partial charge in [0.2, 0.25) is 0 Å². The van der Waals surface area contributed by atoms with Crippen molar-refractivity contribution in [3.8, 4) is 0 Å². The summed E-state index contributed by atoms with van der Waals surface area (Å²) in [5.74, 6) is 0.407. The molecule has 0 bridgehead atoms. The number of aliphatic imine (C=N–C) groups is 1. The van der Waals surface area contributed by atoms with E-state index in [0.29, 0.717) is 5.92 Å². The van der Waals surface area contributed by atoms with E-state index in [-0.39, 0.29) is 6.04 Å². The maximum atomic E-state index is 6.05. The molecule has 2 N–H and O–H groups in total. The van der Waals surface area contributed by atoms with E-state index in [4.69, 9.17) is 10.7 Å². The van der Waals surface area contributed by atoms with Crippen molar-refractivity contribution in [1.82, 2.24) is 0 Å². The predicted octanol–water partition coefficient (Wildman–Crippen LogP) is 4.09. The lowest BCUT2D eigenvalue weighted by molar-refractivity contribution is 0.520. The smallest absolute Gasteiger partial charge is 0.0791 e. The van der Waals surface area contributed by atoms with Crippen LogP contribution in [0.4, 0.5) is 5.69 Å². The van der Waals surface area contributed by atoms with Gasteiger partial charge in [-0.1, -0.05) is 62.4 Å². The third-order valence-electron chi connectivity index (χ3n) is 3.13. The van der Waals surface area contributed by atoms with E-state index in [1.54, 1.807) is 0 Å². The van der Waals surface area contributed by atoms with E-state index in [0.717, 1.165) is 16.8 Å². The fourth-order valence-electron chi connectivity index (χ4n) is 2.10. The summed E-state index contributed by atoms with van der Waals surface area (Å²) >= 11 is 0. The zero-order chi connectivity index (χ0) is 13.7. The highest BCUT2D eigenvalue weighted by molar-refractivity contribution is 5.79. The van der Waals surface area contributed by atoms with E-state index >= 15 is 0 Å². The summed E-state index contributed by atoms with van der Waals surface area (Å²) in [5.41, 5.74) is 9.08. The van der Waals surface area contributed by atoms with Gasteiger partial charge in [-0.05, 0) is 23.1 Å². The molecule has 0 saturated heterocycles. The average molecular weight is 252 g/mol. The number of rotatable bonds is 4. The van der Waals surface area contributed by atoms with Gasteiger partial charge in [0.1, 0.15) is 0 Å². The summed E-state index contributed by atoms with van der Waals surface area (Å²) in [6, 6.07) is 18.2. The Hall–Kier alpha value is -2.09. The van der Waals surface area contributed by atoms with Crippen molar-refractivity contribution in [2.75, 3.05) is 5.73 Å². The van der Waals surface area contributed by atoms with Crippen LogP contribution in [0.2, 0.25) is 0 Å². The molecule has 0 amide bonds. The number of para-hydroxylation sites is 1. The lowest BCUT2D eigenvalue weighted by Gasteiger charge is -2.18. The highest BCUT2D eigenvalue weighted by Crippen LogP contribution is 2.29. The third-order valence-corrected chi connectivity index (χ3v) is 3.13. The molecular formula is C17H20N2. The molecule has 0 aliphatic heterocycles. The molecule has 2 aromatic rings. The number of nitrogens with zero attached hydrogens (tertiary/aromatic N) is 1. The van der Waals surface area contributed by atoms with Gasteiger partial charge in [0.15, 0.2) is 0 Å². The van der Waals surface area contributed by atoms with Gasteiger partial charge in [0, 0.05) is 11.9 Å². The second-order valence-electron chi connectivity index (χ2n) is 5.01. The monoisotopic (exact) mass is 252 g/mol. The summed E-state index contributed by atoms with van der Waals surface area (Å²) < 4.78 is 0. The first-order chi connectivity index (χ1) is 9.18. The Labute approximate surface area is 115 Å². The van der Waals surface area contributed by atoms with Gasteiger partial charge in [0.05, 0.1) is 6.04 Å². The molecule has 2 rings (SSSR count). The summed E-state index contributed by atoms with van der Waals surface area (Å²) in [5, 5.41) is 0. The van der Waals surface area contributed by atoms with Crippen LogP contribution < -0.4 is 5.73 Å². The molecule has 2 heteroatoms. The zero-order valence-corrected chi connectivity index (χ0v) is 11.5. The van der Waals surface area contributed by atoms with Crippen LogP contribution in [0.5, 0.6) is 0 Å². The predicted molar refractivity (Wildman–Crippen MR) is 82.5 cm³/mol. The average Bonchev–Trinajstić information content (AvgIpc) is 2.42. The van der Waals surface area contributed by atoms with Crippen LogP contribution in [-0.4, -0.2) is 6.21 Å². The Kier molecular flexibility index (Phi) is 4.35. The normalized spacial score (nSPS) is 13.0. The topological polar surface area (TPSA) is 38.4 Å². The van der Waals surface area contributed by atoms with Crippen LogP contribution >= 0.6 is 0 Å². The quantitative estimate of drug-likeness (QED) is 0.646. The van der Waals surface area contributed by atoms with Crippen molar-refractivity contribution in [2.45, 2.75) is 19.9 Å². The molecule has 0 saturated carbocycles. The highest BCUT2D eigenvalue weighted by Gasteiger charge is 2.15. The molecular weight excluding hydrogens is 232 g/mol. The molecule has 1 atom stereocenters. The maximum Gasteiger partial charge on any atom is 0.0791 e. The van der Waals surface area contributed by atoms with Crippen LogP contribution in [-0.2, 0) is 0 Å². The Bertz CT molecular complexity index is 544. The van der Waals surface area contributed by atoms with Crippen LogP contribution in [0.15, 0.2) is 59.6 Å². The molecule has 98 valence electrons. The first kappa shape index (κ1) is 13.3. The van der Waals surface area contributed by atoms with E-state index in [1.807, 2.05) is 42.6 Å². The number of hydrogen-bond donors (Lipinski definition) is 1. The number of nitrogen functional groups attached to an aromatic ring is 1. The molecule has 2 aromatic carbocycles. The second kappa shape index (κ2) is 6.19. The molecule has 2 nitrogen and oxygen atoms in total. The fourth-order valence-corrected chi connectivity index (χ4v) is 2.10. The molecule has 19 heavy (non-hydrogen) atoms. The SMILES string of the molecule is CC(C)C(N=Cc1ccccc1)c1ccccc1N. The first-order valence-electron chi connectivity index (χ1n) is 6.61. The van der Waals surface area contributed by atoms with Gasteiger partial charge in [-0.25, -0.2) is 0 Å². The van der Waals surface area contributed by atoms with Gasteiger partial charge in [-0.3, -0.25) is 4.99 Å². The standard InChI is InChI=1S/C17H20N2/c1-13(2)17(15-10-6-7-11-16(15)18)19-12-14-8-4-3-5-9-14/h3-13,17H,18H2,1-2H3. The minimum absolute atomic E-state index is 0.0985. The summed E-state index contributed by atoms with van der Waals surface area (Å²) in [4.78, 5) is 4.72. The first-order valence-corrected chi connectivity index (χ1v) is 6.61. The van der Waals surface area contributed by atoms with Crippen molar-refractivity contribution in [3.63, 3.8) is 0 Å². The lowest BCUT2D eigenvalue weighted by Crippen LogP contribution is -2.07. The summed E-state index contributed by atoms with van der Waals surface area (Å²) in [6.45, 7) is 4.33. The van der Waals surface area contributed by atoms with E-state index in [1.165, 1.54) is 0 Å². The number of anilines is 1. The van der Waals surface area contributed by atoms with E-state index < -0.39 is 0 Å². The number of hydrogen-bond acceptors (Lipinski definition) is 2. The molecule has 0 aliphatic rings. The minimum atomic E-state index is 0.0985. The van der Waals surface area contributed by atoms with Gasteiger partial charge < -0.3 is 5.73 Å². The van der Waals surface area contributed by atoms with Crippen LogP contribution in [0.25, 0.3) is 0 Å². The Balaban J connectivity index is 2.27. The Morgan fingerprint density at radius 1 is 0.947 bits per heavy atom. The van der Waals surface area contributed by atoms with E-state index in [9.17, 15) is 0 Å². The van der Waals surface area contributed by atoms with Gasteiger partial charge in [-0.15, -0.1) is 0 Å². The largest absolute Gasteiger partial charge is 0.398 e. The zero-order valence-electron chi connectivity index (χ0n) is 11.5. The molecule has 0 fully saturated rings. The minimum Gasteiger partial charge on any atom is -0.398 e. The van der Waals surface area contributed by atoms with Gasteiger partial charge in [-0.2, -0.15) is 0 Å². The van der Waals surface area contributed by atoms with Gasteiger partial charge >= 0.3 is 0 Å². The Morgan fingerprint density at radius 3 is 2.21 bits per heavy atom. The molecule has 0 spiro atoms. The molecule has 0 radical (unpaired) electrons. The summed E-state index contributed by atoms with van der Waals surface area (Å²) in [6.07, 6.45) is 1.93. The Morgan fingerprint density at radius 2 is 1.58 bits per heavy atom. The summed E-state index contributed by atoms with van der Waals surface area (Å²) in [7, 11) is 0. The number of nitrogens with two attached hydrogens (primary N) is 1. The van der Waals surface area contributed by atoms with E-state index in [2.05, 4.69) is 32.0 Å². The van der Waals surface area contributed by atoms with Crippen LogP contribution in [0, 0.1) is 5.92 Å². The maximum absolute atomic E-state index is 6.05. The van der Waals surface area contributed by atoms with Gasteiger partial charge in [0.25, 0.3) is 0 Å². The molecule has 0 heterocycles. The van der Waals surface area contributed by atoms with Crippen molar-refractivity contribution in [3.05, 3.63) is 65.7 Å². The van der Waals surface area contributed by atoms with Crippen LogP contribution in [0.3, 0.4) is 0 Å². The molecule has 1 unspecified atom stereocenters. The third kappa shape index (κ3) is 3.44. The second-order valence-corrected chi connectivity index (χ2v) is 5.01. The van der Waals surface area contributed by atoms with Crippen molar-refractivity contribution >= 4 is 11.9 Å². The molecule has 0 aromatic heterocycles. The number of benzene rings is 2. The van der Waals surface area contributed by atoms with Crippen molar-refractivity contribution in [1.29, 1.82) is 0 Å². The lowest BCUT2D eigenvalue weighted by atomic mass is 9.95. The molecule has 0 aliphatic carbocycles. The highest BCUT2D eigenvalue weighted by atomic mass is 14.8. The fraction of sp³-hybridized carbons (Fsp3) is 0.235. The van der Waals surface area contributed by atoms with Crippen molar-refractivity contribution in [2.24, 2.45) is 10.9 Å². The van der Waals surface area contributed by atoms with Crippen LogP contribution in [0.1, 0.15) is 31.0 Å². The van der Waals surface area contributed by atoms with Crippen molar-refractivity contribution < 1.29 is 0 Å².